The molecular weight excluding hydrogens is 520 g/mol. The summed E-state index contributed by atoms with van der Waals surface area (Å²) >= 11 is 0. The summed E-state index contributed by atoms with van der Waals surface area (Å²) in [5.41, 5.74) is 0.931. The van der Waals surface area contributed by atoms with E-state index in [1.165, 1.54) is 46.1 Å². The first kappa shape index (κ1) is 30.7. The van der Waals surface area contributed by atoms with E-state index < -0.39 is 36.8 Å². The molecule has 1 aliphatic rings. The van der Waals surface area contributed by atoms with Crippen molar-refractivity contribution in [2.75, 3.05) is 34.2 Å². The fraction of sp³-hybridized carbons (Fsp3) is 0.517. The van der Waals surface area contributed by atoms with E-state index in [-0.39, 0.29) is 23.1 Å². The predicted molar refractivity (Wildman–Crippen MR) is 144 cm³/mol. The van der Waals surface area contributed by atoms with E-state index >= 15 is 0 Å². The highest BCUT2D eigenvalue weighted by atomic mass is 16.7. The second-order valence-corrected chi connectivity index (χ2v) is 9.72. The van der Waals surface area contributed by atoms with E-state index in [2.05, 4.69) is 10.3 Å². The van der Waals surface area contributed by atoms with Crippen molar-refractivity contribution in [2.24, 2.45) is 11.8 Å². The predicted octanol–water partition coefficient (Wildman–Crippen LogP) is 3.33. The van der Waals surface area contributed by atoms with E-state index in [1.807, 2.05) is 31.2 Å². The fourth-order valence-corrected chi connectivity index (χ4v) is 3.86. The standard InChI is InChI=1S/C29H38N2O9/c1-18(31-28(33)26-27(39-17-38-20(3)32)25(36-5)12-13-30-26)29(34)40-19(2)23(16-37-15-22-6-7-22)14-21-8-10-24(35-4)11-9-21/h8-13,18-19,22-23H,6-7,14-17H2,1-5H3,(H,31,33)/t18-,19-,23+/m0/s1. The molecule has 0 aliphatic heterocycles. The van der Waals surface area contributed by atoms with E-state index in [0.29, 0.717) is 25.6 Å². The van der Waals surface area contributed by atoms with Crippen molar-refractivity contribution in [2.45, 2.75) is 52.2 Å². The quantitative estimate of drug-likeness (QED) is 0.242. The molecule has 1 fully saturated rings. The number of carbonyl (C=O) groups excluding carboxylic acids is 3. The third-order valence-electron chi connectivity index (χ3n) is 6.48. The lowest BCUT2D eigenvalue weighted by Crippen LogP contribution is -2.42. The van der Waals surface area contributed by atoms with Gasteiger partial charge in [-0.2, -0.15) is 0 Å². The third-order valence-corrected chi connectivity index (χ3v) is 6.48. The number of hydrogen-bond acceptors (Lipinski definition) is 10. The summed E-state index contributed by atoms with van der Waals surface area (Å²) in [6, 6.07) is 8.25. The van der Waals surface area contributed by atoms with Gasteiger partial charge in [0.15, 0.2) is 17.2 Å². The van der Waals surface area contributed by atoms with Crippen LogP contribution in [0.4, 0.5) is 0 Å². The van der Waals surface area contributed by atoms with Crippen molar-refractivity contribution >= 4 is 17.8 Å². The number of aromatic nitrogens is 1. The molecule has 0 unspecified atom stereocenters. The molecule has 1 aliphatic carbocycles. The summed E-state index contributed by atoms with van der Waals surface area (Å²) in [5.74, 6) is -0.372. The second kappa shape index (κ2) is 15.1. The van der Waals surface area contributed by atoms with Crippen molar-refractivity contribution in [3.05, 3.63) is 47.8 Å². The van der Waals surface area contributed by atoms with Gasteiger partial charge in [-0.3, -0.25) is 9.59 Å². The lowest BCUT2D eigenvalue weighted by atomic mass is 9.95. The molecule has 0 saturated heterocycles. The minimum Gasteiger partial charge on any atom is -0.497 e. The summed E-state index contributed by atoms with van der Waals surface area (Å²) in [6.45, 7) is 5.27. The molecule has 11 nitrogen and oxygen atoms in total. The number of amides is 1. The Hall–Kier alpha value is -3.86. The minimum absolute atomic E-state index is 0.0231. The van der Waals surface area contributed by atoms with Gasteiger partial charge in [-0.1, -0.05) is 12.1 Å². The highest BCUT2D eigenvalue weighted by molar-refractivity contribution is 5.98. The smallest absolute Gasteiger partial charge is 0.328 e. The maximum atomic E-state index is 13.0. The Morgan fingerprint density at radius 2 is 1.77 bits per heavy atom. The topological polar surface area (TPSA) is 132 Å². The van der Waals surface area contributed by atoms with Gasteiger partial charge in [0.2, 0.25) is 6.79 Å². The van der Waals surface area contributed by atoms with E-state index in [0.717, 1.165) is 11.3 Å². The third kappa shape index (κ3) is 9.41. The van der Waals surface area contributed by atoms with Crippen LogP contribution in [0.25, 0.3) is 0 Å². The lowest BCUT2D eigenvalue weighted by Gasteiger charge is -2.26. The van der Waals surface area contributed by atoms with Gasteiger partial charge in [0.1, 0.15) is 17.9 Å². The first-order valence-corrected chi connectivity index (χ1v) is 13.2. The first-order chi connectivity index (χ1) is 19.2. The van der Waals surface area contributed by atoms with E-state index in [4.69, 9.17) is 28.4 Å². The summed E-state index contributed by atoms with van der Waals surface area (Å²) < 4.78 is 32.4. The molecule has 218 valence electrons. The second-order valence-electron chi connectivity index (χ2n) is 9.72. The van der Waals surface area contributed by atoms with Crippen LogP contribution in [0.5, 0.6) is 17.2 Å². The number of ether oxygens (including phenoxy) is 6. The van der Waals surface area contributed by atoms with Crippen molar-refractivity contribution in [1.29, 1.82) is 0 Å². The van der Waals surface area contributed by atoms with Crippen molar-refractivity contribution in [1.82, 2.24) is 10.3 Å². The Labute approximate surface area is 234 Å². The molecule has 0 radical (unpaired) electrons. The zero-order chi connectivity index (χ0) is 29.1. The number of nitrogens with zero attached hydrogens (tertiary/aromatic N) is 1. The van der Waals surface area contributed by atoms with Crippen LogP contribution >= 0.6 is 0 Å². The molecule has 1 amide bonds. The minimum atomic E-state index is -0.988. The maximum Gasteiger partial charge on any atom is 0.328 e. The van der Waals surface area contributed by atoms with Crippen LogP contribution in [-0.4, -0.2) is 69.2 Å². The molecule has 1 aromatic heterocycles. The van der Waals surface area contributed by atoms with Gasteiger partial charge < -0.3 is 33.7 Å². The number of methoxy groups -OCH3 is 2. The first-order valence-electron chi connectivity index (χ1n) is 13.2. The Kier molecular flexibility index (Phi) is 11.6. The van der Waals surface area contributed by atoms with Crippen LogP contribution in [0.15, 0.2) is 36.5 Å². The van der Waals surface area contributed by atoms with Crippen LogP contribution in [0.2, 0.25) is 0 Å². The van der Waals surface area contributed by atoms with E-state index in [9.17, 15) is 14.4 Å². The number of benzene rings is 1. The molecule has 1 aromatic carbocycles. The largest absolute Gasteiger partial charge is 0.497 e. The SMILES string of the molecule is COc1ccc(C[C@H](COCC2CC2)[C@H](C)OC(=O)[C@H](C)NC(=O)c2nccc(OC)c2OCOC(C)=O)cc1. The van der Waals surface area contributed by atoms with Gasteiger partial charge >= 0.3 is 11.9 Å². The number of carbonyl (C=O) groups is 3. The van der Waals surface area contributed by atoms with Crippen LogP contribution in [0.3, 0.4) is 0 Å². The molecule has 3 atom stereocenters. The van der Waals surface area contributed by atoms with Gasteiger partial charge in [0.05, 0.1) is 20.8 Å². The van der Waals surface area contributed by atoms with Crippen molar-refractivity contribution < 1.29 is 42.8 Å². The molecule has 2 aromatic rings. The highest BCUT2D eigenvalue weighted by Crippen LogP contribution is 2.30. The molecule has 1 heterocycles. The van der Waals surface area contributed by atoms with Crippen LogP contribution in [-0.2, 0) is 30.2 Å². The molecule has 3 rings (SSSR count). The monoisotopic (exact) mass is 558 g/mol. The summed E-state index contributed by atoms with van der Waals surface area (Å²) in [6.07, 6.45) is 3.89. The molecule has 0 spiro atoms. The summed E-state index contributed by atoms with van der Waals surface area (Å²) in [5, 5.41) is 2.60. The fourth-order valence-electron chi connectivity index (χ4n) is 3.86. The zero-order valence-corrected chi connectivity index (χ0v) is 23.6. The number of pyridine rings is 1. The molecule has 0 bridgehead atoms. The highest BCUT2D eigenvalue weighted by Gasteiger charge is 2.28. The molecule has 1 N–H and O–H groups in total. The van der Waals surface area contributed by atoms with Crippen LogP contribution in [0, 0.1) is 11.8 Å². The summed E-state index contributed by atoms with van der Waals surface area (Å²) in [7, 11) is 3.01. The molecular formula is C29H38N2O9. The normalized spacial score (nSPS) is 14.8. The molecule has 1 saturated carbocycles. The van der Waals surface area contributed by atoms with Crippen molar-refractivity contribution in [3.63, 3.8) is 0 Å². The number of rotatable bonds is 16. The number of nitrogens with one attached hydrogen (secondary N) is 1. The van der Waals surface area contributed by atoms with Gasteiger partial charge in [-0.05, 0) is 56.7 Å². The average Bonchev–Trinajstić information content (AvgIpc) is 3.77. The zero-order valence-electron chi connectivity index (χ0n) is 23.6. The number of esters is 2. The average molecular weight is 559 g/mol. The van der Waals surface area contributed by atoms with Crippen LogP contribution < -0.4 is 19.5 Å². The van der Waals surface area contributed by atoms with Gasteiger partial charge in [0, 0.05) is 31.7 Å². The van der Waals surface area contributed by atoms with Crippen LogP contribution in [0.1, 0.15) is 49.7 Å². The Bertz CT molecular complexity index is 1130. The molecule has 40 heavy (non-hydrogen) atoms. The Balaban J connectivity index is 1.63. The summed E-state index contributed by atoms with van der Waals surface area (Å²) in [4.78, 5) is 41.1. The van der Waals surface area contributed by atoms with Gasteiger partial charge in [0.25, 0.3) is 5.91 Å². The molecule has 11 heteroatoms. The van der Waals surface area contributed by atoms with Gasteiger partial charge in [-0.15, -0.1) is 0 Å². The Morgan fingerprint density at radius 3 is 2.40 bits per heavy atom. The number of hydrogen-bond donors (Lipinski definition) is 1. The van der Waals surface area contributed by atoms with Gasteiger partial charge in [-0.25, -0.2) is 9.78 Å². The maximum absolute atomic E-state index is 13.0. The Morgan fingerprint density at radius 1 is 1.05 bits per heavy atom. The lowest BCUT2D eigenvalue weighted by molar-refractivity contribution is -0.154. The van der Waals surface area contributed by atoms with Crippen molar-refractivity contribution in [3.8, 4) is 17.2 Å². The van der Waals surface area contributed by atoms with E-state index in [1.54, 1.807) is 7.11 Å².